The van der Waals surface area contributed by atoms with Crippen molar-refractivity contribution >= 4 is 11.7 Å². The number of nitrogens with two attached hydrogens (primary N) is 1. The third-order valence-electron chi connectivity index (χ3n) is 6.95. The van der Waals surface area contributed by atoms with Crippen LogP contribution in [-0.2, 0) is 18.3 Å². The molecule has 1 amide bonds. The lowest BCUT2D eigenvalue weighted by atomic mass is 9.77. The fourth-order valence-electron chi connectivity index (χ4n) is 4.69. The number of amides is 1. The summed E-state index contributed by atoms with van der Waals surface area (Å²) in [5.41, 5.74) is 4.88. The SMILES string of the molecule is N#CCC1(n2cc(C(N)=O)c(NCC3CC3)n2)CCC(NCc2ccccc2C(F)(F)F)CC1. The van der Waals surface area contributed by atoms with Crippen molar-refractivity contribution in [2.75, 3.05) is 11.9 Å². The predicted octanol–water partition coefficient (Wildman–Crippen LogP) is 4.16. The van der Waals surface area contributed by atoms with Crippen LogP contribution in [-0.4, -0.2) is 28.3 Å². The molecule has 34 heavy (non-hydrogen) atoms. The number of primary amides is 1. The maximum atomic E-state index is 13.3. The minimum atomic E-state index is -4.39. The Hall–Kier alpha value is -3.06. The molecule has 1 heterocycles. The van der Waals surface area contributed by atoms with E-state index >= 15 is 0 Å². The van der Waals surface area contributed by atoms with E-state index in [1.165, 1.54) is 12.1 Å². The number of nitrogens with zero attached hydrogens (tertiary/aromatic N) is 3. The third-order valence-corrected chi connectivity index (χ3v) is 6.95. The van der Waals surface area contributed by atoms with Crippen LogP contribution in [0.5, 0.6) is 0 Å². The number of anilines is 1. The number of carbonyl (C=O) groups excluding carboxylic acids is 1. The highest BCUT2D eigenvalue weighted by atomic mass is 19.4. The van der Waals surface area contributed by atoms with E-state index in [0.717, 1.165) is 25.5 Å². The largest absolute Gasteiger partial charge is 0.416 e. The summed E-state index contributed by atoms with van der Waals surface area (Å²) in [4.78, 5) is 12.0. The number of benzene rings is 1. The number of aromatic nitrogens is 2. The first kappa shape index (κ1) is 24.1. The highest BCUT2D eigenvalue weighted by Gasteiger charge is 2.39. The number of rotatable bonds is 9. The lowest BCUT2D eigenvalue weighted by molar-refractivity contribution is -0.138. The fraction of sp³-hybridized carbons (Fsp3) is 0.542. The molecule has 2 aliphatic carbocycles. The summed E-state index contributed by atoms with van der Waals surface area (Å²) in [5, 5.41) is 20.6. The Morgan fingerprint density at radius 2 is 1.94 bits per heavy atom. The lowest BCUT2D eigenvalue weighted by Crippen LogP contribution is -2.43. The number of nitrogens with one attached hydrogen (secondary N) is 2. The van der Waals surface area contributed by atoms with Crippen LogP contribution < -0.4 is 16.4 Å². The normalized spacial score (nSPS) is 22.8. The van der Waals surface area contributed by atoms with Gasteiger partial charge in [-0.3, -0.25) is 9.48 Å². The molecule has 0 unspecified atom stereocenters. The third kappa shape index (κ3) is 5.36. The summed E-state index contributed by atoms with van der Waals surface area (Å²) in [6, 6.07) is 7.85. The predicted molar refractivity (Wildman–Crippen MR) is 121 cm³/mol. The van der Waals surface area contributed by atoms with E-state index in [0.29, 0.717) is 43.0 Å². The van der Waals surface area contributed by atoms with E-state index in [1.807, 2.05) is 0 Å². The molecular weight excluding hydrogens is 445 g/mol. The Bertz CT molecular complexity index is 1060. The minimum absolute atomic E-state index is 0.0201. The number of alkyl halides is 3. The van der Waals surface area contributed by atoms with E-state index < -0.39 is 23.2 Å². The van der Waals surface area contributed by atoms with E-state index in [1.54, 1.807) is 16.9 Å². The van der Waals surface area contributed by atoms with Gasteiger partial charge < -0.3 is 16.4 Å². The smallest absolute Gasteiger partial charge is 0.368 e. The van der Waals surface area contributed by atoms with E-state index in [9.17, 15) is 23.2 Å². The standard InChI is InChI=1S/C24H29F3N6O/c25-24(26,27)20-4-2-1-3-17(20)14-30-18-7-9-23(10-8-18,11-12-28)33-15-19(21(29)34)22(32-33)31-13-16-5-6-16/h1-4,15-16,18,30H,5-11,13-14H2,(H2,29,34)(H,31,32). The van der Waals surface area contributed by atoms with Gasteiger partial charge in [-0.15, -0.1) is 0 Å². The number of nitriles is 1. The van der Waals surface area contributed by atoms with Gasteiger partial charge >= 0.3 is 6.18 Å². The van der Waals surface area contributed by atoms with Gasteiger partial charge in [0.15, 0.2) is 5.82 Å². The Morgan fingerprint density at radius 1 is 1.24 bits per heavy atom. The first-order chi connectivity index (χ1) is 16.2. The Labute approximate surface area is 196 Å². The van der Waals surface area contributed by atoms with Gasteiger partial charge in [0.1, 0.15) is 5.56 Å². The second-order valence-corrected chi connectivity index (χ2v) is 9.39. The maximum absolute atomic E-state index is 13.3. The number of hydrogen-bond acceptors (Lipinski definition) is 5. The molecule has 10 heteroatoms. The summed E-state index contributed by atoms with van der Waals surface area (Å²) in [7, 11) is 0. The molecule has 0 spiro atoms. The lowest BCUT2D eigenvalue weighted by Gasteiger charge is -2.39. The van der Waals surface area contributed by atoms with Gasteiger partial charge in [0.05, 0.1) is 23.6 Å². The molecule has 2 saturated carbocycles. The zero-order chi connectivity index (χ0) is 24.3. The molecule has 0 radical (unpaired) electrons. The molecule has 0 atom stereocenters. The summed E-state index contributed by atoms with van der Waals surface area (Å²) in [5.74, 6) is 0.457. The van der Waals surface area contributed by atoms with Crippen LogP contribution in [0.15, 0.2) is 30.5 Å². The number of carbonyl (C=O) groups is 1. The summed E-state index contributed by atoms with van der Waals surface area (Å²) in [6.45, 7) is 0.850. The molecule has 0 saturated heterocycles. The summed E-state index contributed by atoms with van der Waals surface area (Å²) in [6.07, 6.45) is 2.33. The second-order valence-electron chi connectivity index (χ2n) is 9.39. The minimum Gasteiger partial charge on any atom is -0.368 e. The van der Waals surface area contributed by atoms with Gasteiger partial charge in [0, 0.05) is 25.3 Å². The van der Waals surface area contributed by atoms with Crippen molar-refractivity contribution in [1.82, 2.24) is 15.1 Å². The van der Waals surface area contributed by atoms with Crippen molar-refractivity contribution in [2.24, 2.45) is 11.7 Å². The molecule has 2 fully saturated rings. The van der Waals surface area contributed by atoms with Gasteiger partial charge in [-0.1, -0.05) is 18.2 Å². The van der Waals surface area contributed by atoms with Crippen molar-refractivity contribution in [1.29, 1.82) is 5.26 Å². The molecule has 2 aromatic rings. The Balaban J connectivity index is 1.44. The quantitative estimate of drug-likeness (QED) is 0.506. The van der Waals surface area contributed by atoms with Gasteiger partial charge in [-0.2, -0.15) is 23.5 Å². The molecule has 2 aliphatic rings. The highest BCUT2D eigenvalue weighted by Crippen LogP contribution is 2.39. The van der Waals surface area contributed by atoms with Crippen molar-refractivity contribution in [3.05, 3.63) is 47.2 Å². The summed E-state index contributed by atoms with van der Waals surface area (Å²) < 4.78 is 41.5. The van der Waals surface area contributed by atoms with Crippen LogP contribution in [0, 0.1) is 17.2 Å². The van der Waals surface area contributed by atoms with Crippen LogP contribution in [0.4, 0.5) is 19.0 Å². The average molecular weight is 475 g/mol. The van der Waals surface area contributed by atoms with Crippen LogP contribution in [0.3, 0.4) is 0 Å². The van der Waals surface area contributed by atoms with E-state index in [-0.39, 0.29) is 24.6 Å². The first-order valence-electron chi connectivity index (χ1n) is 11.6. The number of halogens is 3. The average Bonchev–Trinajstić information content (AvgIpc) is 3.53. The van der Waals surface area contributed by atoms with Crippen molar-refractivity contribution in [3.63, 3.8) is 0 Å². The topological polar surface area (TPSA) is 109 Å². The Kier molecular flexibility index (Phi) is 6.84. The molecule has 1 aromatic heterocycles. The number of hydrogen-bond donors (Lipinski definition) is 3. The molecule has 4 rings (SSSR count). The molecule has 7 nitrogen and oxygen atoms in total. The van der Waals surface area contributed by atoms with Gasteiger partial charge in [-0.25, -0.2) is 0 Å². The Morgan fingerprint density at radius 3 is 2.56 bits per heavy atom. The van der Waals surface area contributed by atoms with E-state index in [4.69, 9.17) is 5.73 Å². The van der Waals surface area contributed by atoms with Crippen LogP contribution in [0.1, 0.15) is 66.4 Å². The zero-order valence-electron chi connectivity index (χ0n) is 18.9. The highest BCUT2D eigenvalue weighted by molar-refractivity contribution is 5.97. The van der Waals surface area contributed by atoms with Crippen molar-refractivity contribution < 1.29 is 18.0 Å². The monoisotopic (exact) mass is 474 g/mol. The van der Waals surface area contributed by atoms with Crippen LogP contribution in [0.25, 0.3) is 0 Å². The summed E-state index contributed by atoms with van der Waals surface area (Å²) >= 11 is 0. The van der Waals surface area contributed by atoms with Crippen molar-refractivity contribution in [2.45, 2.75) is 69.2 Å². The molecule has 0 aliphatic heterocycles. The van der Waals surface area contributed by atoms with Crippen LogP contribution in [0.2, 0.25) is 0 Å². The fourth-order valence-corrected chi connectivity index (χ4v) is 4.69. The second kappa shape index (κ2) is 9.66. The molecule has 182 valence electrons. The van der Waals surface area contributed by atoms with E-state index in [2.05, 4.69) is 21.8 Å². The zero-order valence-corrected chi connectivity index (χ0v) is 18.9. The van der Waals surface area contributed by atoms with Gasteiger partial charge in [0.25, 0.3) is 5.91 Å². The molecule has 0 bridgehead atoms. The van der Waals surface area contributed by atoms with Gasteiger partial charge in [-0.05, 0) is 56.1 Å². The molecule has 4 N–H and O–H groups in total. The van der Waals surface area contributed by atoms with Gasteiger partial charge in [0.2, 0.25) is 0 Å². The molecular formula is C24H29F3N6O. The maximum Gasteiger partial charge on any atom is 0.416 e. The van der Waals surface area contributed by atoms with Crippen LogP contribution >= 0.6 is 0 Å². The molecule has 1 aromatic carbocycles. The first-order valence-corrected chi connectivity index (χ1v) is 11.6. The van der Waals surface area contributed by atoms with Crippen molar-refractivity contribution in [3.8, 4) is 6.07 Å².